The third-order valence-corrected chi connectivity index (χ3v) is 6.86. The number of nitrogens with zero attached hydrogens (tertiary/aromatic N) is 1. The Morgan fingerprint density at radius 2 is 1.92 bits per heavy atom. The van der Waals surface area contributed by atoms with Crippen LogP contribution in [-0.4, -0.2) is 24.3 Å². The second-order valence-corrected chi connectivity index (χ2v) is 8.54. The van der Waals surface area contributed by atoms with Crippen molar-refractivity contribution in [3.8, 4) is 0 Å². The molecule has 1 aliphatic heterocycles. The van der Waals surface area contributed by atoms with Gasteiger partial charge in [-0.3, -0.25) is 0 Å². The van der Waals surface area contributed by atoms with Crippen LogP contribution in [0, 0.1) is 19.7 Å². The molecule has 1 aliphatic rings. The van der Waals surface area contributed by atoms with Gasteiger partial charge in [-0.1, -0.05) is 12.1 Å². The maximum atomic E-state index is 13.3. The summed E-state index contributed by atoms with van der Waals surface area (Å²) in [5.74, 6) is -0.427. The minimum Gasteiger partial charge on any atom is -0.358 e. The SMILES string of the molecule is Cc1ccc2c3c([nH]c2c1)CCN(S(=O)(=O)c1ccc(F)cc1C)C3. The van der Waals surface area contributed by atoms with Crippen LogP contribution in [0.25, 0.3) is 10.9 Å². The molecule has 0 unspecified atom stereocenters. The van der Waals surface area contributed by atoms with Crippen LogP contribution >= 0.6 is 0 Å². The lowest BCUT2D eigenvalue weighted by Gasteiger charge is -2.27. The molecule has 6 heteroatoms. The first-order valence-electron chi connectivity index (χ1n) is 8.22. The highest BCUT2D eigenvalue weighted by Gasteiger charge is 2.31. The number of aromatic amines is 1. The smallest absolute Gasteiger partial charge is 0.243 e. The van der Waals surface area contributed by atoms with Gasteiger partial charge in [-0.15, -0.1) is 0 Å². The van der Waals surface area contributed by atoms with Gasteiger partial charge in [0.2, 0.25) is 10.0 Å². The van der Waals surface area contributed by atoms with Crippen molar-refractivity contribution in [3.63, 3.8) is 0 Å². The van der Waals surface area contributed by atoms with Crippen molar-refractivity contribution in [2.75, 3.05) is 6.54 Å². The fourth-order valence-electron chi connectivity index (χ4n) is 3.56. The Hall–Kier alpha value is -2.18. The number of halogens is 1. The molecule has 0 atom stereocenters. The van der Waals surface area contributed by atoms with Gasteiger partial charge in [0.15, 0.2) is 0 Å². The van der Waals surface area contributed by atoms with Crippen LogP contribution in [0.3, 0.4) is 0 Å². The quantitative estimate of drug-likeness (QED) is 0.760. The van der Waals surface area contributed by atoms with E-state index in [1.807, 2.05) is 19.1 Å². The summed E-state index contributed by atoms with van der Waals surface area (Å²) in [5, 5.41) is 1.07. The Bertz CT molecular complexity index is 1090. The summed E-state index contributed by atoms with van der Waals surface area (Å²) in [4.78, 5) is 3.59. The molecule has 0 saturated carbocycles. The van der Waals surface area contributed by atoms with Crippen molar-refractivity contribution in [3.05, 3.63) is 64.6 Å². The molecule has 0 saturated heterocycles. The molecule has 4 nitrogen and oxygen atoms in total. The number of aryl methyl sites for hydroxylation is 2. The van der Waals surface area contributed by atoms with E-state index in [-0.39, 0.29) is 4.90 Å². The van der Waals surface area contributed by atoms with Gasteiger partial charge in [-0.25, -0.2) is 12.8 Å². The van der Waals surface area contributed by atoms with Gasteiger partial charge in [0, 0.05) is 36.1 Å². The first-order valence-corrected chi connectivity index (χ1v) is 9.66. The number of rotatable bonds is 2. The molecule has 0 fully saturated rings. The number of benzene rings is 2. The zero-order valence-electron chi connectivity index (χ0n) is 14.1. The van der Waals surface area contributed by atoms with Crippen LogP contribution in [0.4, 0.5) is 4.39 Å². The van der Waals surface area contributed by atoms with Crippen LogP contribution in [0.15, 0.2) is 41.3 Å². The average Bonchev–Trinajstić information content (AvgIpc) is 2.90. The van der Waals surface area contributed by atoms with Crippen LogP contribution in [0.2, 0.25) is 0 Å². The molecule has 0 spiro atoms. The van der Waals surface area contributed by atoms with Crippen molar-refractivity contribution in [2.24, 2.45) is 0 Å². The Labute approximate surface area is 146 Å². The Morgan fingerprint density at radius 3 is 2.68 bits per heavy atom. The number of fused-ring (bicyclic) bond motifs is 3. The topological polar surface area (TPSA) is 53.2 Å². The minimum atomic E-state index is -3.65. The Balaban J connectivity index is 1.75. The summed E-state index contributed by atoms with van der Waals surface area (Å²) in [6.45, 7) is 4.41. The number of H-pyrrole nitrogens is 1. The molecule has 25 heavy (non-hydrogen) atoms. The predicted molar refractivity (Wildman–Crippen MR) is 95.5 cm³/mol. The second kappa shape index (κ2) is 5.68. The summed E-state index contributed by atoms with van der Waals surface area (Å²) in [6.07, 6.45) is 0.641. The lowest BCUT2D eigenvalue weighted by molar-refractivity contribution is 0.391. The fourth-order valence-corrected chi connectivity index (χ4v) is 5.17. The van der Waals surface area contributed by atoms with Crippen LogP contribution in [-0.2, 0) is 23.0 Å². The molecule has 0 radical (unpaired) electrons. The maximum Gasteiger partial charge on any atom is 0.243 e. The number of hydrogen-bond donors (Lipinski definition) is 1. The number of nitrogens with one attached hydrogen (secondary N) is 1. The molecule has 1 aromatic heterocycles. The van der Waals surface area contributed by atoms with E-state index in [1.54, 1.807) is 6.92 Å². The molecular weight excluding hydrogens is 339 g/mol. The molecule has 3 aromatic rings. The zero-order valence-corrected chi connectivity index (χ0v) is 15.0. The molecule has 130 valence electrons. The van der Waals surface area contributed by atoms with E-state index in [4.69, 9.17) is 0 Å². The Kier molecular flexibility index (Phi) is 3.70. The van der Waals surface area contributed by atoms with Gasteiger partial charge >= 0.3 is 0 Å². The van der Waals surface area contributed by atoms with E-state index < -0.39 is 15.8 Å². The Morgan fingerprint density at radius 1 is 1.12 bits per heavy atom. The third kappa shape index (κ3) is 2.65. The highest BCUT2D eigenvalue weighted by Crippen LogP contribution is 2.31. The number of aromatic nitrogens is 1. The van der Waals surface area contributed by atoms with E-state index in [1.165, 1.54) is 22.5 Å². The van der Waals surface area contributed by atoms with E-state index in [9.17, 15) is 12.8 Å². The third-order valence-electron chi connectivity index (χ3n) is 4.85. The highest BCUT2D eigenvalue weighted by atomic mass is 32.2. The molecule has 0 aliphatic carbocycles. The van der Waals surface area contributed by atoms with Gasteiger partial charge in [0.25, 0.3) is 0 Å². The lowest BCUT2D eigenvalue weighted by atomic mass is 10.1. The molecule has 2 heterocycles. The van der Waals surface area contributed by atoms with Crippen LogP contribution in [0.1, 0.15) is 22.4 Å². The number of sulfonamides is 1. The van der Waals surface area contributed by atoms with Gasteiger partial charge in [0.05, 0.1) is 4.90 Å². The van der Waals surface area contributed by atoms with E-state index in [0.717, 1.165) is 27.7 Å². The monoisotopic (exact) mass is 358 g/mol. The summed E-state index contributed by atoms with van der Waals surface area (Å²) < 4.78 is 40.9. The van der Waals surface area contributed by atoms with Crippen molar-refractivity contribution >= 4 is 20.9 Å². The van der Waals surface area contributed by atoms with Gasteiger partial charge in [-0.2, -0.15) is 4.31 Å². The predicted octanol–water partition coefficient (Wildman–Crippen LogP) is 3.67. The van der Waals surface area contributed by atoms with Crippen molar-refractivity contribution < 1.29 is 12.8 Å². The van der Waals surface area contributed by atoms with E-state index >= 15 is 0 Å². The summed E-state index contributed by atoms with van der Waals surface area (Å²) >= 11 is 0. The summed E-state index contributed by atoms with van der Waals surface area (Å²) in [6, 6.07) is 9.97. The van der Waals surface area contributed by atoms with Crippen molar-refractivity contribution in [1.29, 1.82) is 0 Å². The molecule has 0 amide bonds. The molecule has 4 rings (SSSR count). The average molecular weight is 358 g/mol. The lowest BCUT2D eigenvalue weighted by Crippen LogP contribution is -2.36. The molecular formula is C19H19FN2O2S. The summed E-state index contributed by atoms with van der Waals surface area (Å²) in [5.41, 5.74) is 4.77. The van der Waals surface area contributed by atoms with Gasteiger partial charge < -0.3 is 4.98 Å². The normalized spacial score (nSPS) is 15.5. The standard InChI is InChI=1S/C19H19FN2O2S/c1-12-3-5-15-16-11-22(8-7-17(16)21-18(15)9-12)25(23,24)19-6-4-14(20)10-13(19)2/h3-6,9-10,21H,7-8,11H2,1-2H3. The van der Waals surface area contributed by atoms with Crippen LogP contribution in [0.5, 0.6) is 0 Å². The van der Waals surface area contributed by atoms with E-state index in [2.05, 4.69) is 11.1 Å². The van der Waals surface area contributed by atoms with Gasteiger partial charge in [-0.05, 0) is 54.8 Å². The first kappa shape index (κ1) is 16.3. The first-order chi connectivity index (χ1) is 11.9. The largest absolute Gasteiger partial charge is 0.358 e. The van der Waals surface area contributed by atoms with Gasteiger partial charge in [0.1, 0.15) is 5.82 Å². The van der Waals surface area contributed by atoms with E-state index in [0.29, 0.717) is 25.1 Å². The minimum absolute atomic E-state index is 0.174. The fraction of sp³-hybridized carbons (Fsp3) is 0.263. The van der Waals surface area contributed by atoms with Crippen LogP contribution < -0.4 is 0 Å². The second-order valence-electron chi connectivity index (χ2n) is 6.63. The maximum absolute atomic E-state index is 13.3. The summed E-state index contributed by atoms with van der Waals surface area (Å²) in [7, 11) is -3.65. The van der Waals surface area contributed by atoms with Crippen molar-refractivity contribution in [2.45, 2.75) is 31.7 Å². The highest BCUT2D eigenvalue weighted by molar-refractivity contribution is 7.89. The molecule has 1 N–H and O–H groups in total. The van der Waals surface area contributed by atoms with Crippen molar-refractivity contribution in [1.82, 2.24) is 9.29 Å². The molecule has 2 aromatic carbocycles. The zero-order chi connectivity index (χ0) is 17.8. The number of hydrogen-bond acceptors (Lipinski definition) is 2. The molecule has 0 bridgehead atoms.